The predicted molar refractivity (Wildman–Crippen MR) is 143 cm³/mol. The van der Waals surface area contributed by atoms with Crippen LogP contribution in [0.3, 0.4) is 0 Å². The molecule has 3 N–H and O–H groups in total. The Balaban J connectivity index is 1.62. The normalized spacial score (nSPS) is 14.1. The molecule has 0 aliphatic carbocycles. The van der Waals surface area contributed by atoms with E-state index in [1.807, 2.05) is 0 Å². The Bertz CT molecular complexity index is 1430. The molecule has 2 aromatic carbocycles. The summed E-state index contributed by atoms with van der Waals surface area (Å²) in [5.74, 6) is -0.713. The Morgan fingerprint density at radius 1 is 0.946 bits per heavy atom. The van der Waals surface area contributed by atoms with Crippen LogP contribution in [-0.2, 0) is 9.84 Å². The van der Waals surface area contributed by atoms with Crippen LogP contribution in [0.2, 0.25) is 10.0 Å². The Labute approximate surface area is 224 Å². The first kappa shape index (κ1) is 26.9. The van der Waals surface area contributed by atoms with Gasteiger partial charge in [-0.25, -0.2) is 13.4 Å². The minimum Gasteiger partial charge on any atom is -0.489 e. The molecule has 4 rings (SSSR count). The third-order valence-electron chi connectivity index (χ3n) is 5.65. The number of halogens is 2. The Morgan fingerprint density at radius 3 is 2.32 bits per heavy atom. The van der Waals surface area contributed by atoms with Crippen molar-refractivity contribution in [1.82, 2.24) is 10.3 Å². The largest absolute Gasteiger partial charge is 0.489 e. The van der Waals surface area contributed by atoms with Gasteiger partial charge in [0.15, 0.2) is 9.84 Å². The van der Waals surface area contributed by atoms with E-state index in [0.29, 0.717) is 22.9 Å². The second-order valence-corrected chi connectivity index (χ2v) is 11.3. The summed E-state index contributed by atoms with van der Waals surface area (Å²) >= 11 is 12.0. The van der Waals surface area contributed by atoms with Crippen LogP contribution in [-0.4, -0.2) is 50.7 Å². The van der Waals surface area contributed by atoms with Crippen molar-refractivity contribution in [2.24, 2.45) is 0 Å². The lowest BCUT2D eigenvalue weighted by Gasteiger charge is -2.25. The van der Waals surface area contributed by atoms with Gasteiger partial charge in [0.05, 0.1) is 26.7 Å². The van der Waals surface area contributed by atoms with Crippen molar-refractivity contribution in [2.75, 3.05) is 30.0 Å². The van der Waals surface area contributed by atoms with E-state index in [1.165, 1.54) is 48.7 Å². The standard InChI is InChI=1S/C25H24Cl2N4O5S/c1-37(34,35)18-4-5-19(22(13-18)36-17-8-10-28-11-9-17)24(32)30-21-6-2-15(26)12-20(21)25(33)31-23-7-3-16(27)14-29-23/h2-7,12-14,17,28H,8-11H2,1H3,(H,30,32)(H,29,31,33). The summed E-state index contributed by atoms with van der Waals surface area (Å²) in [7, 11) is -3.53. The maximum Gasteiger partial charge on any atom is 0.259 e. The number of carbonyl (C=O) groups is 2. The first-order valence-electron chi connectivity index (χ1n) is 11.4. The molecule has 0 saturated carbocycles. The molecule has 1 aromatic heterocycles. The Morgan fingerprint density at radius 2 is 1.65 bits per heavy atom. The van der Waals surface area contributed by atoms with Crippen LogP contribution in [0.5, 0.6) is 5.75 Å². The fraction of sp³-hybridized carbons (Fsp3) is 0.240. The minimum absolute atomic E-state index is 0.0370. The molecule has 1 fully saturated rings. The van der Waals surface area contributed by atoms with E-state index in [2.05, 4.69) is 20.9 Å². The quantitative estimate of drug-likeness (QED) is 0.388. The van der Waals surface area contributed by atoms with E-state index in [4.69, 9.17) is 27.9 Å². The first-order valence-corrected chi connectivity index (χ1v) is 14.0. The first-order chi connectivity index (χ1) is 17.6. The van der Waals surface area contributed by atoms with Gasteiger partial charge in [-0.3, -0.25) is 9.59 Å². The smallest absolute Gasteiger partial charge is 0.259 e. The second-order valence-electron chi connectivity index (χ2n) is 8.46. The number of nitrogens with one attached hydrogen (secondary N) is 3. The fourth-order valence-corrected chi connectivity index (χ4v) is 4.67. The van der Waals surface area contributed by atoms with Gasteiger partial charge in [-0.1, -0.05) is 23.2 Å². The number of benzene rings is 2. The molecule has 2 heterocycles. The minimum atomic E-state index is -3.53. The number of hydrogen-bond acceptors (Lipinski definition) is 7. The highest BCUT2D eigenvalue weighted by Crippen LogP contribution is 2.28. The summed E-state index contributed by atoms with van der Waals surface area (Å²) in [6.45, 7) is 1.51. The Hall–Kier alpha value is -3.18. The number of pyridine rings is 1. The summed E-state index contributed by atoms with van der Waals surface area (Å²) in [6.07, 6.45) is 3.73. The van der Waals surface area contributed by atoms with Crippen LogP contribution in [0.1, 0.15) is 33.6 Å². The predicted octanol–water partition coefficient (Wildman–Crippen LogP) is 4.43. The van der Waals surface area contributed by atoms with Crippen molar-refractivity contribution in [3.8, 4) is 5.75 Å². The highest BCUT2D eigenvalue weighted by atomic mass is 35.5. The number of amides is 2. The number of ether oxygens (including phenoxy) is 1. The van der Waals surface area contributed by atoms with Crippen LogP contribution < -0.4 is 20.7 Å². The summed E-state index contributed by atoms with van der Waals surface area (Å²) in [5.41, 5.74) is 0.429. The van der Waals surface area contributed by atoms with Crippen molar-refractivity contribution in [1.29, 1.82) is 0 Å². The maximum absolute atomic E-state index is 13.3. The van der Waals surface area contributed by atoms with Gasteiger partial charge in [0, 0.05) is 17.5 Å². The molecule has 9 nitrogen and oxygen atoms in total. The highest BCUT2D eigenvalue weighted by molar-refractivity contribution is 7.90. The zero-order chi connectivity index (χ0) is 26.6. The van der Waals surface area contributed by atoms with Gasteiger partial charge < -0.3 is 20.7 Å². The molecular weight excluding hydrogens is 539 g/mol. The van der Waals surface area contributed by atoms with Crippen molar-refractivity contribution < 1.29 is 22.7 Å². The third kappa shape index (κ3) is 6.98. The van der Waals surface area contributed by atoms with E-state index in [1.54, 1.807) is 6.07 Å². The molecule has 0 spiro atoms. The molecule has 12 heteroatoms. The molecule has 1 saturated heterocycles. The van der Waals surface area contributed by atoms with E-state index >= 15 is 0 Å². The van der Waals surface area contributed by atoms with Crippen LogP contribution in [0.15, 0.2) is 59.6 Å². The molecule has 0 unspecified atom stereocenters. The zero-order valence-electron chi connectivity index (χ0n) is 19.8. The number of anilines is 2. The van der Waals surface area contributed by atoms with Crippen molar-refractivity contribution in [3.05, 3.63) is 75.9 Å². The molecule has 0 atom stereocenters. The molecule has 194 valence electrons. The number of nitrogens with zero attached hydrogens (tertiary/aromatic N) is 1. The molecule has 2 amide bonds. The highest BCUT2D eigenvalue weighted by Gasteiger charge is 2.23. The Kier molecular flexibility index (Phi) is 8.33. The van der Waals surface area contributed by atoms with E-state index in [9.17, 15) is 18.0 Å². The fourth-order valence-electron chi connectivity index (χ4n) is 3.75. The van der Waals surface area contributed by atoms with E-state index in [0.717, 1.165) is 19.3 Å². The van der Waals surface area contributed by atoms with Crippen LogP contribution in [0.25, 0.3) is 0 Å². The summed E-state index contributed by atoms with van der Waals surface area (Å²) in [4.78, 5) is 30.4. The average Bonchev–Trinajstić information content (AvgIpc) is 2.86. The topological polar surface area (TPSA) is 126 Å². The van der Waals surface area contributed by atoms with Crippen molar-refractivity contribution >= 4 is 56.4 Å². The van der Waals surface area contributed by atoms with Gasteiger partial charge in [0.2, 0.25) is 0 Å². The monoisotopic (exact) mass is 562 g/mol. The summed E-state index contributed by atoms with van der Waals surface area (Å²) in [5, 5.41) is 9.30. The lowest BCUT2D eigenvalue weighted by atomic mass is 10.1. The van der Waals surface area contributed by atoms with Crippen LogP contribution in [0.4, 0.5) is 11.5 Å². The lowest BCUT2D eigenvalue weighted by Crippen LogP contribution is -2.34. The van der Waals surface area contributed by atoms with Crippen molar-refractivity contribution in [2.45, 2.75) is 23.8 Å². The lowest BCUT2D eigenvalue weighted by molar-refractivity contribution is 0.101. The molecular formula is C25H24Cl2N4O5S. The van der Waals surface area contributed by atoms with Gasteiger partial charge in [-0.2, -0.15) is 0 Å². The maximum atomic E-state index is 13.3. The summed E-state index contributed by atoms with van der Waals surface area (Å²) < 4.78 is 30.4. The molecule has 3 aromatic rings. The van der Waals surface area contributed by atoms with Gasteiger partial charge in [0.1, 0.15) is 17.7 Å². The molecule has 37 heavy (non-hydrogen) atoms. The molecule has 0 radical (unpaired) electrons. The molecule has 0 bridgehead atoms. The number of rotatable bonds is 7. The average molecular weight is 563 g/mol. The number of sulfone groups is 1. The number of aromatic nitrogens is 1. The number of hydrogen-bond donors (Lipinski definition) is 3. The molecule has 1 aliphatic rings. The van der Waals surface area contributed by atoms with Gasteiger partial charge in [-0.15, -0.1) is 0 Å². The molecule has 1 aliphatic heterocycles. The van der Waals surface area contributed by atoms with Crippen molar-refractivity contribution in [3.63, 3.8) is 0 Å². The van der Waals surface area contributed by atoms with Gasteiger partial charge in [0.25, 0.3) is 11.8 Å². The van der Waals surface area contributed by atoms with E-state index < -0.39 is 21.7 Å². The summed E-state index contributed by atoms with van der Waals surface area (Å²) in [6, 6.07) is 11.7. The number of carbonyl (C=O) groups excluding carboxylic acids is 2. The van der Waals surface area contributed by atoms with Crippen LogP contribution in [0, 0.1) is 0 Å². The van der Waals surface area contributed by atoms with Gasteiger partial charge >= 0.3 is 0 Å². The SMILES string of the molecule is CS(=O)(=O)c1ccc(C(=O)Nc2ccc(Cl)cc2C(=O)Nc2ccc(Cl)cn2)c(OC2CCNCC2)c1. The second kappa shape index (κ2) is 11.5. The van der Waals surface area contributed by atoms with Gasteiger partial charge in [-0.05, 0) is 74.5 Å². The number of piperidine rings is 1. The van der Waals surface area contributed by atoms with E-state index in [-0.39, 0.29) is 39.4 Å². The van der Waals surface area contributed by atoms with Crippen LogP contribution >= 0.6 is 23.2 Å². The zero-order valence-corrected chi connectivity index (χ0v) is 22.1. The third-order valence-corrected chi connectivity index (χ3v) is 7.22.